The van der Waals surface area contributed by atoms with Gasteiger partial charge in [0.1, 0.15) is 11.9 Å². The Morgan fingerprint density at radius 2 is 2.00 bits per heavy atom. The lowest BCUT2D eigenvalue weighted by Crippen LogP contribution is -2.42. The summed E-state index contributed by atoms with van der Waals surface area (Å²) in [6.45, 7) is 1.54. The van der Waals surface area contributed by atoms with Crippen LogP contribution in [-0.4, -0.2) is 43.0 Å². The topological polar surface area (TPSA) is 67.9 Å². The van der Waals surface area contributed by atoms with E-state index in [4.69, 9.17) is 9.47 Å². The molecule has 1 unspecified atom stereocenters. The van der Waals surface area contributed by atoms with E-state index >= 15 is 0 Å². The predicted octanol–water partition coefficient (Wildman–Crippen LogP) is 2.23. The Hall–Kier alpha value is -2.86. The van der Waals surface area contributed by atoms with Gasteiger partial charge in [-0.2, -0.15) is 0 Å². The van der Waals surface area contributed by atoms with Gasteiger partial charge in [-0.05, 0) is 23.8 Å². The normalized spacial score (nSPS) is 19.6. The molecular weight excluding hydrogens is 320 g/mol. The van der Waals surface area contributed by atoms with Crippen LogP contribution in [0.5, 0.6) is 5.75 Å². The van der Waals surface area contributed by atoms with Gasteiger partial charge >= 0.3 is 0 Å². The maximum absolute atomic E-state index is 12.9. The fourth-order valence-corrected chi connectivity index (χ4v) is 3.09. The van der Waals surface area contributed by atoms with E-state index in [-0.39, 0.29) is 24.5 Å². The summed E-state index contributed by atoms with van der Waals surface area (Å²) in [5.41, 5.74) is 2.21. The zero-order valence-electron chi connectivity index (χ0n) is 13.6. The van der Waals surface area contributed by atoms with Crippen molar-refractivity contribution in [3.63, 3.8) is 0 Å². The molecule has 6 nitrogen and oxygen atoms in total. The van der Waals surface area contributed by atoms with Crippen molar-refractivity contribution in [1.29, 1.82) is 0 Å². The predicted molar refractivity (Wildman–Crippen MR) is 91.6 cm³/mol. The summed E-state index contributed by atoms with van der Waals surface area (Å²) >= 11 is 0. The minimum Gasteiger partial charge on any atom is -0.482 e. The van der Waals surface area contributed by atoms with E-state index in [1.54, 1.807) is 23.1 Å². The van der Waals surface area contributed by atoms with Crippen LogP contribution in [0, 0.1) is 0 Å². The number of benzene rings is 2. The van der Waals surface area contributed by atoms with Crippen LogP contribution >= 0.6 is 0 Å². The van der Waals surface area contributed by atoms with Crippen LogP contribution in [0.4, 0.5) is 5.69 Å². The maximum Gasteiger partial charge on any atom is 0.262 e. The first-order valence-corrected chi connectivity index (χ1v) is 8.23. The Bertz CT molecular complexity index is 806. The summed E-state index contributed by atoms with van der Waals surface area (Å²) in [4.78, 5) is 26.0. The van der Waals surface area contributed by atoms with E-state index in [0.29, 0.717) is 36.7 Å². The van der Waals surface area contributed by atoms with Gasteiger partial charge in [0, 0.05) is 12.1 Å². The zero-order chi connectivity index (χ0) is 17.2. The minimum absolute atomic E-state index is 0.0295. The van der Waals surface area contributed by atoms with E-state index in [2.05, 4.69) is 5.32 Å². The van der Waals surface area contributed by atoms with Crippen LogP contribution in [0.1, 0.15) is 22.0 Å². The van der Waals surface area contributed by atoms with E-state index in [9.17, 15) is 9.59 Å². The second-order valence-electron chi connectivity index (χ2n) is 6.07. The molecule has 1 atom stereocenters. The highest BCUT2D eigenvalue weighted by molar-refractivity contribution is 5.99. The van der Waals surface area contributed by atoms with Crippen molar-refractivity contribution < 1.29 is 19.1 Å². The summed E-state index contributed by atoms with van der Waals surface area (Å²) in [6, 6.07) is 15.0. The van der Waals surface area contributed by atoms with Gasteiger partial charge < -0.3 is 19.7 Å². The van der Waals surface area contributed by atoms with Crippen LogP contribution in [0.15, 0.2) is 48.5 Å². The monoisotopic (exact) mass is 338 g/mol. The Labute approximate surface area is 145 Å². The molecule has 6 heteroatoms. The van der Waals surface area contributed by atoms with E-state index in [1.165, 1.54) is 0 Å². The number of morpholine rings is 1. The molecule has 1 fully saturated rings. The number of fused-ring (bicyclic) bond motifs is 1. The molecule has 0 aromatic heterocycles. The first-order chi connectivity index (χ1) is 12.2. The molecule has 25 heavy (non-hydrogen) atoms. The SMILES string of the molecule is O=C1COc2cc(C(=O)N3CCOC(c4ccccc4)C3)ccc2N1. The molecule has 2 aliphatic heterocycles. The number of hydrogen-bond acceptors (Lipinski definition) is 4. The molecular formula is C19H18N2O4. The van der Waals surface area contributed by atoms with Crippen LogP contribution in [0.3, 0.4) is 0 Å². The number of nitrogens with zero attached hydrogens (tertiary/aromatic N) is 1. The summed E-state index contributed by atoms with van der Waals surface area (Å²) in [7, 11) is 0. The number of carbonyl (C=O) groups excluding carboxylic acids is 2. The maximum atomic E-state index is 12.9. The van der Waals surface area contributed by atoms with Crippen molar-refractivity contribution in [2.75, 3.05) is 31.6 Å². The lowest BCUT2D eigenvalue weighted by molar-refractivity contribution is -0.118. The molecule has 128 valence electrons. The van der Waals surface area contributed by atoms with Crippen molar-refractivity contribution >= 4 is 17.5 Å². The second-order valence-corrected chi connectivity index (χ2v) is 6.07. The third kappa shape index (κ3) is 3.21. The molecule has 2 heterocycles. The van der Waals surface area contributed by atoms with Crippen molar-refractivity contribution in [1.82, 2.24) is 4.90 Å². The fraction of sp³-hybridized carbons (Fsp3) is 0.263. The quantitative estimate of drug-likeness (QED) is 0.912. The van der Waals surface area contributed by atoms with Gasteiger partial charge in [0.2, 0.25) is 0 Å². The molecule has 0 radical (unpaired) electrons. The van der Waals surface area contributed by atoms with Crippen LogP contribution in [0.2, 0.25) is 0 Å². The van der Waals surface area contributed by atoms with Gasteiger partial charge in [-0.25, -0.2) is 0 Å². The summed E-state index contributed by atoms with van der Waals surface area (Å²) in [5.74, 6) is 0.274. The molecule has 0 aliphatic carbocycles. The average Bonchev–Trinajstić information content (AvgIpc) is 2.68. The zero-order valence-corrected chi connectivity index (χ0v) is 13.6. The lowest BCUT2D eigenvalue weighted by atomic mass is 10.1. The lowest BCUT2D eigenvalue weighted by Gasteiger charge is -2.33. The Morgan fingerprint density at radius 3 is 2.84 bits per heavy atom. The summed E-state index contributed by atoms with van der Waals surface area (Å²) in [5, 5.41) is 2.73. The van der Waals surface area contributed by atoms with E-state index in [1.807, 2.05) is 30.3 Å². The minimum atomic E-state index is -0.189. The van der Waals surface area contributed by atoms with Gasteiger partial charge in [-0.15, -0.1) is 0 Å². The van der Waals surface area contributed by atoms with Crippen molar-refractivity contribution in [3.05, 3.63) is 59.7 Å². The van der Waals surface area contributed by atoms with E-state index in [0.717, 1.165) is 5.56 Å². The molecule has 2 aromatic rings. The number of anilines is 1. The van der Waals surface area contributed by atoms with Gasteiger partial charge in [0.15, 0.2) is 6.61 Å². The Morgan fingerprint density at radius 1 is 1.16 bits per heavy atom. The van der Waals surface area contributed by atoms with Crippen LogP contribution in [0.25, 0.3) is 0 Å². The highest BCUT2D eigenvalue weighted by Gasteiger charge is 2.27. The number of rotatable bonds is 2. The largest absolute Gasteiger partial charge is 0.482 e. The summed E-state index contributed by atoms with van der Waals surface area (Å²) in [6.07, 6.45) is -0.118. The molecule has 1 N–H and O–H groups in total. The number of ether oxygens (including phenoxy) is 2. The molecule has 0 spiro atoms. The van der Waals surface area contributed by atoms with Crippen molar-refractivity contribution in [2.24, 2.45) is 0 Å². The van der Waals surface area contributed by atoms with Crippen molar-refractivity contribution in [2.45, 2.75) is 6.10 Å². The number of nitrogens with one attached hydrogen (secondary N) is 1. The smallest absolute Gasteiger partial charge is 0.262 e. The first kappa shape index (κ1) is 15.7. The standard InChI is InChI=1S/C19H18N2O4/c22-18-12-25-16-10-14(6-7-15(16)20-18)19(23)21-8-9-24-17(11-21)13-4-2-1-3-5-13/h1-7,10,17H,8-9,11-12H2,(H,20,22). The van der Waals surface area contributed by atoms with Gasteiger partial charge in [-0.1, -0.05) is 30.3 Å². The molecule has 2 amide bonds. The number of hydrogen-bond donors (Lipinski definition) is 1. The fourth-order valence-electron chi connectivity index (χ4n) is 3.09. The first-order valence-electron chi connectivity index (χ1n) is 8.23. The van der Waals surface area contributed by atoms with Crippen molar-refractivity contribution in [3.8, 4) is 5.75 Å². The Kier molecular flexibility index (Phi) is 4.11. The van der Waals surface area contributed by atoms with Crippen LogP contribution in [-0.2, 0) is 9.53 Å². The average molecular weight is 338 g/mol. The Balaban J connectivity index is 1.52. The summed E-state index contributed by atoms with van der Waals surface area (Å²) < 4.78 is 11.2. The highest BCUT2D eigenvalue weighted by atomic mass is 16.5. The molecule has 1 saturated heterocycles. The van der Waals surface area contributed by atoms with E-state index < -0.39 is 0 Å². The highest BCUT2D eigenvalue weighted by Crippen LogP contribution is 2.30. The van der Waals surface area contributed by atoms with Gasteiger partial charge in [0.05, 0.1) is 18.8 Å². The van der Waals surface area contributed by atoms with Gasteiger partial charge in [0.25, 0.3) is 11.8 Å². The molecule has 0 bridgehead atoms. The number of amides is 2. The second kappa shape index (κ2) is 6.57. The molecule has 2 aromatic carbocycles. The molecule has 4 rings (SSSR count). The molecule has 0 saturated carbocycles. The van der Waals surface area contributed by atoms with Gasteiger partial charge in [-0.3, -0.25) is 9.59 Å². The molecule has 2 aliphatic rings. The third-order valence-corrected chi connectivity index (χ3v) is 4.39. The third-order valence-electron chi connectivity index (χ3n) is 4.39. The van der Waals surface area contributed by atoms with Crippen LogP contribution < -0.4 is 10.1 Å². The number of carbonyl (C=O) groups is 2.